The normalized spacial score (nSPS) is 10.5. The number of benzene rings is 1. The molecule has 1 N–H and O–H groups in total. The molecule has 1 aromatic carbocycles. The van der Waals surface area contributed by atoms with Crippen LogP contribution in [0.2, 0.25) is 5.02 Å². The number of carbonyl (C=O) groups is 1. The monoisotopic (exact) mass is 222 g/mol. The summed E-state index contributed by atoms with van der Waals surface area (Å²) in [7, 11) is 0. The average Bonchev–Trinajstić information content (AvgIpc) is 2.17. The Hall–Kier alpha value is -1.81. The van der Waals surface area contributed by atoms with E-state index in [1.54, 1.807) is 24.3 Å². The first-order chi connectivity index (χ1) is 7.11. The Labute approximate surface area is 89.1 Å². The van der Waals surface area contributed by atoms with Crippen molar-refractivity contribution in [1.82, 2.24) is 4.98 Å². The third kappa shape index (κ3) is 1.49. The van der Waals surface area contributed by atoms with Crippen molar-refractivity contribution in [3.63, 3.8) is 0 Å². The topological polar surface area (TPSA) is 73.0 Å². The fourth-order valence-electron chi connectivity index (χ4n) is 1.38. The Morgan fingerprint density at radius 1 is 1.33 bits per heavy atom. The van der Waals surface area contributed by atoms with Crippen molar-refractivity contribution in [3.8, 4) is 0 Å². The number of aromatic carboxylic acids is 1. The van der Waals surface area contributed by atoms with Crippen LogP contribution in [0.25, 0.3) is 10.9 Å². The van der Waals surface area contributed by atoms with Crippen molar-refractivity contribution in [2.75, 3.05) is 0 Å². The van der Waals surface area contributed by atoms with Crippen LogP contribution in [0.15, 0.2) is 29.1 Å². The molecule has 0 amide bonds. The summed E-state index contributed by atoms with van der Waals surface area (Å²) in [4.78, 5) is 24.4. The van der Waals surface area contributed by atoms with Crippen LogP contribution >= 0.6 is 11.6 Å². The minimum Gasteiger partial charge on any atom is -0.545 e. The maximum absolute atomic E-state index is 11.3. The number of rotatable bonds is 1. The molecule has 0 unspecified atom stereocenters. The van der Waals surface area contributed by atoms with E-state index in [0.29, 0.717) is 10.9 Å². The van der Waals surface area contributed by atoms with E-state index in [0.717, 1.165) is 0 Å². The van der Waals surface area contributed by atoms with Gasteiger partial charge in [-0.1, -0.05) is 29.8 Å². The number of nitrogens with one attached hydrogen (secondary N) is 1. The maximum Gasteiger partial charge on any atom is 0.259 e. The second-order valence-corrected chi connectivity index (χ2v) is 3.35. The molecule has 0 saturated heterocycles. The Morgan fingerprint density at radius 2 is 2.00 bits per heavy atom. The van der Waals surface area contributed by atoms with E-state index in [9.17, 15) is 14.7 Å². The molecule has 0 radical (unpaired) electrons. The Kier molecular flexibility index (Phi) is 2.21. The molecular weight excluding hydrogens is 218 g/mol. The average molecular weight is 223 g/mol. The van der Waals surface area contributed by atoms with Gasteiger partial charge in [-0.25, -0.2) is 0 Å². The number of aromatic amines is 1. The molecule has 1 aromatic heterocycles. The molecule has 2 aromatic rings. The minimum atomic E-state index is -1.58. The summed E-state index contributed by atoms with van der Waals surface area (Å²) in [6.07, 6.45) is 0. The lowest BCUT2D eigenvalue weighted by Gasteiger charge is -2.06. The van der Waals surface area contributed by atoms with Gasteiger partial charge in [0.2, 0.25) is 0 Å². The first-order valence-corrected chi connectivity index (χ1v) is 4.51. The van der Waals surface area contributed by atoms with Crippen molar-refractivity contribution >= 4 is 28.5 Å². The van der Waals surface area contributed by atoms with Gasteiger partial charge in [0.25, 0.3) is 5.56 Å². The molecule has 0 aliphatic carbocycles. The summed E-state index contributed by atoms with van der Waals surface area (Å²) >= 11 is 5.80. The van der Waals surface area contributed by atoms with Crippen LogP contribution in [-0.2, 0) is 0 Å². The number of aromatic nitrogens is 1. The summed E-state index contributed by atoms with van der Waals surface area (Å²) in [6, 6.07) is 6.68. The molecule has 0 aliphatic rings. The second kappa shape index (κ2) is 3.40. The van der Waals surface area contributed by atoms with Gasteiger partial charge >= 0.3 is 0 Å². The lowest BCUT2D eigenvalue weighted by molar-refractivity contribution is -0.255. The zero-order valence-corrected chi connectivity index (χ0v) is 8.17. The third-order valence-corrected chi connectivity index (χ3v) is 2.45. The lowest BCUT2D eigenvalue weighted by Crippen LogP contribution is -2.30. The first-order valence-electron chi connectivity index (χ1n) is 4.13. The largest absolute Gasteiger partial charge is 0.545 e. The molecule has 1 heterocycles. The number of carboxylic acid groups (broad SMARTS) is 1. The van der Waals surface area contributed by atoms with Crippen LogP contribution < -0.4 is 10.7 Å². The molecule has 0 fully saturated rings. The van der Waals surface area contributed by atoms with Gasteiger partial charge in [-0.15, -0.1) is 0 Å². The van der Waals surface area contributed by atoms with E-state index in [-0.39, 0.29) is 5.02 Å². The molecule has 4 nitrogen and oxygen atoms in total. The number of carbonyl (C=O) groups excluding carboxylic acids is 1. The van der Waals surface area contributed by atoms with E-state index < -0.39 is 17.1 Å². The van der Waals surface area contributed by atoms with Gasteiger partial charge in [0.15, 0.2) is 0 Å². The smallest absolute Gasteiger partial charge is 0.259 e. The third-order valence-electron chi connectivity index (χ3n) is 2.06. The number of pyridine rings is 1. The first kappa shape index (κ1) is 9.73. The van der Waals surface area contributed by atoms with Gasteiger partial charge in [0.1, 0.15) is 0 Å². The summed E-state index contributed by atoms with van der Waals surface area (Å²) in [5.74, 6) is -1.58. The molecule has 2 rings (SSSR count). The molecule has 0 aliphatic heterocycles. The van der Waals surface area contributed by atoms with Crippen LogP contribution in [0.1, 0.15) is 10.4 Å². The molecular formula is C10H5ClNO3-. The van der Waals surface area contributed by atoms with Gasteiger partial charge in [0.05, 0.1) is 16.6 Å². The molecule has 15 heavy (non-hydrogen) atoms. The molecule has 0 saturated carbocycles. The predicted octanol–water partition coefficient (Wildman–Crippen LogP) is 0.545. The van der Waals surface area contributed by atoms with Crippen LogP contribution in [-0.4, -0.2) is 11.0 Å². The Balaban J connectivity index is 2.97. The zero-order valence-electron chi connectivity index (χ0n) is 7.41. The van der Waals surface area contributed by atoms with Crippen molar-refractivity contribution < 1.29 is 9.90 Å². The van der Waals surface area contributed by atoms with E-state index in [1.165, 1.54) is 0 Å². The zero-order chi connectivity index (χ0) is 11.0. The highest BCUT2D eigenvalue weighted by atomic mass is 35.5. The van der Waals surface area contributed by atoms with Crippen LogP contribution in [0, 0.1) is 0 Å². The van der Waals surface area contributed by atoms with Crippen molar-refractivity contribution in [2.45, 2.75) is 0 Å². The minimum absolute atomic E-state index is 0.0886. The quantitative estimate of drug-likeness (QED) is 0.766. The molecule has 0 atom stereocenters. The summed E-state index contributed by atoms with van der Waals surface area (Å²) in [5.41, 5.74) is -0.786. The van der Waals surface area contributed by atoms with E-state index in [4.69, 9.17) is 11.6 Å². The summed E-state index contributed by atoms with van der Waals surface area (Å²) < 4.78 is 0. The number of hydrogen-bond donors (Lipinski definition) is 1. The SMILES string of the molecule is O=C([O-])c1c(Cl)c2ccccc2[nH]c1=O. The van der Waals surface area contributed by atoms with Crippen molar-refractivity contribution in [2.24, 2.45) is 0 Å². The van der Waals surface area contributed by atoms with Crippen LogP contribution in [0.5, 0.6) is 0 Å². The Bertz CT molecular complexity index is 603. The number of carboxylic acids is 1. The Morgan fingerprint density at radius 3 is 2.67 bits per heavy atom. The second-order valence-electron chi connectivity index (χ2n) is 2.98. The summed E-state index contributed by atoms with van der Waals surface area (Å²) in [5, 5.41) is 11.1. The van der Waals surface area contributed by atoms with E-state index >= 15 is 0 Å². The lowest BCUT2D eigenvalue weighted by atomic mass is 10.1. The number of H-pyrrole nitrogens is 1. The molecule has 0 spiro atoms. The van der Waals surface area contributed by atoms with Gasteiger partial charge in [0, 0.05) is 10.9 Å². The highest BCUT2D eigenvalue weighted by Crippen LogP contribution is 2.22. The number of fused-ring (bicyclic) bond motifs is 1. The van der Waals surface area contributed by atoms with Gasteiger partial charge in [-0.3, -0.25) is 4.79 Å². The van der Waals surface area contributed by atoms with Crippen LogP contribution in [0.4, 0.5) is 0 Å². The molecule has 76 valence electrons. The predicted molar refractivity (Wildman–Crippen MR) is 53.9 cm³/mol. The van der Waals surface area contributed by atoms with Gasteiger partial charge in [-0.2, -0.15) is 0 Å². The maximum atomic E-state index is 11.3. The fourth-order valence-corrected chi connectivity index (χ4v) is 1.71. The highest BCUT2D eigenvalue weighted by molar-refractivity contribution is 6.38. The number of para-hydroxylation sites is 1. The molecule has 0 bridgehead atoms. The van der Waals surface area contributed by atoms with E-state index in [1.807, 2.05) is 0 Å². The van der Waals surface area contributed by atoms with Crippen molar-refractivity contribution in [3.05, 3.63) is 45.2 Å². The van der Waals surface area contributed by atoms with Crippen molar-refractivity contribution in [1.29, 1.82) is 0 Å². The van der Waals surface area contributed by atoms with E-state index in [2.05, 4.69) is 4.98 Å². The summed E-state index contributed by atoms with van der Waals surface area (Å²) in [6.45, 7) is 0. The standard InChI is InChI=1S/C10H6ClNO3/c11-8-5-3-1-2-4-6(5)12-9(13)7(8)10(14)15/h1-4H,(H,12,13)(H,14,15)/p-1. The fraction of sp³-hybridized carbons (Fsp3) is 0. The highest BCUT2D eigenvalue weighted by Gasteiger charge is 2.10. The van der Waals surface area contributed by atoms with Gasteiger partial charge in [-0.05, 0) is 6.07 Å². The number of hydrogen-bond acceptors (Lipinski definition) is 3. The number of halogens is 1. The molecule has 5 heteroatoms. The van der Waals surface area contributed by atoms with Gasteiger partial charge < -0.3 is 14.9 Å². The van der Waals surface area contributed by atoms with Crippen LogP contribution in [0.3, 0.4) is 0 Å².